The Morgan fingerprint density at radius 3 is 2.57 bits per heavy atom. The number of nitrogens with one attached hydrogen (secondary N) is 3. The summed E-state index contributed by atoms with van der Waals surface area (Å²) in [6.45, 7) is 6.31. The monoisotopic (exact) mass is 312 g/mol. The molecule has 1 heterocycles. The molecule has 21 heavy (non-hydrogen) atoms. The van der Waals surface area contributed by atoms with Crippen molar-refractivity contribution in [2.45, 2.75) is 20.8 Å². The van der Waals surface area contributed by atoms with Crippen molar-refractivity contribution in [3.8, 4) is 0 Å². The smallest absolute Gasteiger partial charge is 0.271 e. The van der Waals surface area contributed by atoms with Crippen molar-refractivity contribution in [3.63, 3.8) is 0 Å². The summed E-state index contributed by atoms with van der Waals surface area (Å²) in [7, 11) is 1.56. The summed E-state index contributed by atoms with van der Waals surface area (Å²) in [5.74, 6) is 0.0256. The quantitative estimate of drug-likeness (QED) is 0.746. The summed E-state index contributed by atoms with van der Waals surface area (Å²) in [5.41, 5.74) is -0.571. The number of aromatic nitrogens is 1. The van der Waals surface area contributed by atoms with E-state index in [2.05, 4.69) is 20.9 Å². The molecule has 1 aromatic heterocycles. The zero-order valence-electron chi connectivity index (χ0n) is 12.7. The minimum atomic E-state index is -0.712. The predicted molar refractivity (Wildman–Crippen MR) is 83.6 cm³/mol. The molecule has 0 saturated heterocycles. The molecule has 6 nitrogen and oxygen atoms in total. The topological polar surface area (TPSA) is 83.1 Å². The molecule has 0 unspecified atom stereocenters. The highest BCUT2D eigenvalue weighted by Crippen LogP contribution is 2.18. The van der Waals surface area contributed by atoms with Crippen LogP contribution in [0.5, 0.6) is 0 Å². The standard InChI is InChI=1S/C14H21ClN4O2/c1-5-17-10-7-6-9(15)11(19-10)12(20)18-8-14(2,3)13(21)16-4/h6-7H,5,8H2,1-4H3,(H,16,21)(H,17,19)(H,18,20). The molecule has 0 spiro atoms. The van der Waals surface area contributed by atoms with E-state index in [0.29, 0.717) is 12.4 Å². The minimum Gasteiger partial charge on any atom is -0.370 e. The van der Waals surface area contributed by atoms with Crippen LogP contribution in [0, 0.1) is 5.41 Å². The summed E-state index contributed by atoms with van der Waals surface area (Å²) in [4.78, 5) is 28.0. The Hall–Kier alpha value is -1.82. The van der Waals surface area contributed by atoms with Gasteiger partial charge in [0, 0.05) is 20.1 Å². The normalized spacial score (nSPS) is 10.9. The number of anilines is 1. The summed E-state index contributed by atoms with van der Waals surface area (Å²) in [6.07, 6.45) is 0. The second kappa shape index (κ2) is 7.26. The number of pyridine rings is 1. The summed E-state index contributed by atoms with van der Waals surface area (Å²) >= 11 is 6.00. The number of carbonyl (C=O) groups excluding carboxylic acids is 2. The first-order valence-corrected chi connectivity index (χ1v) is 7.10. The summed E-state index contributed by atoms with van der Waals surface area (Å²) in [6, 6.07) is 3.32. The van der Waals surface area contributed by atoms with Crippen LogP contribution in [-0.2, 0) is 4.79 Å². The lowest BCUT2D eigenvalue weighted by Gasteiger charge is -2.22. The maximum absolute atomic E-state index is 12.2. The van der Waals surface area contributed by atoms with Gasteiger partial charge in [0.2, 0.25) is 5.91 Å². The van der Waals surface area contributed by atoms with Gasteiger partial charge in [0.15, 0.2) is 0 Å². The van der Waals surface area contributed by atoms with Crippen molar-refractivity contribution in [3.05, 3.63) is 22.8 Å². The van der Waals surface area contributed by atoms with Gasteiger partial charge in [0.1, 0.15) is 11.5 Å². The van der Waals surface area contributed by atoms with Crippen LogP contribution < -0.4 is 16.0 Å². The van der Waals surface area contributed by atoms with Gasteiger partial charge in [0.25, 0.3) is 5.91 Å². The molecule has 1 rings (SSSR count). The van der Waals surface area contributed by atoms with E-state index in [4.69, 9.17) is 11.6 Å². The average Bonchev–Trinajstić information content (AvgIpc) is 2.46. The second-order valence-corrected chi connectivity index (χ2v) is 5.61. The Bertz CT molecular complexity index is 532. The fraction of sp³-hybridized carbons (Fsp3) is 0.500. The summed E-state index contributed by atoms with van der Waals surface area (Å²) < 4.78 is 0. The molecule has 3 N–H and O–H groups in total. The Morgan fingerprint density at radius 1 is 1.33 bits per heavy atom. The van der Waals surface area contributed by atoms with Crippen molar-refractivity contribution < 1.29 is 9.59 Å². The van der Waals surface area contributed by atoms with Crippen molar-refractivity contribution in [2.24, 2.45) is 5.41 Å². The van der Waals surface area contributed by atoms with Gasteiger partial charge in [-0.25, -0.2) is 4.98 Å². The highest BCUT2D eigenvalue weighted by molar-refractivity contribution is 6.33. The molecular weight excluding hydrogens is 292 g/mol. The van der Waals surface area contributed by atoms with Crippen LogP contribution in [0.4, 0.5) is 5.82 Å². The number of hydrogen-bond donors (Lipinski definition) is 3. The molecule has 0 atom stereocenters. The molecule has 1 aromatic rings. The number of hydrogen-bond acceptors (Lipinski definition) is 4. The molecule has 0 aromatic carbocycles. The Balaban J connectivity index is 2.80. The molecule has 0 aliphatic carbocycles. The lowest BCUT2D eigenvalue weighted by molar-refractivity contribution is -0.128. The van der Waals surface area contributed by atoms with Gasteiger partial charge in [-0.05, 0) is 32.9 Å². The van der Waals surface area contributed by atoms with Crippen molar-refractivity contribution in [1.29, 1.82) is 0 Å². The molecule has 0 aliphatic heterocycles. The van der Waals surface area contributed by atoms with Gasteiger partial charge < -0.3 is 16.0 Å². The Kier molecular flexibility index (Phi) is 5.96. The van der Waals surface area contributed by atoms with Gasteiger partial charge in [-0.2, -0.15) is 0 Å². The number of nitrogens with zero attached hydrogens (tertiary/aromatic N) is 1. The van der Waals surface area contributed by atoms with Crippen LogP contribution in [0.3, 0.4) is 0 Å². The van der Waals surface area contributed by atoms with Crippen LogP contribution >= 0.6 is 11.6 Å². The molecule has 0 radical (unpaired) electrons. The SMILES string of the molecule is CCNc1ccc(Cl)c(C(=O)NCC(C)(C)C(=O)NC)n1. The molecule has 0 fully saturated rings. The van der Waals surface area contributed by atoms with Crippen molar-refractivity contribution in [1.82, 2.24) is 15.6 Å². The van der Waals surface area contributed by atoms with Crippen LogP contribution in [0.15, 0.2) is 12.1 Å². The van der Waals surface area contributed by atoms with E-state index in [9.17, 15) is 9.59 Å². The van der Waals surface area contributed by atoms with Crippen molar-refractivity contribution >= 4 is 29.2 Å². The number of amides is 2. The average molecular weight is 313 g/mol. The molecule has 116 valence electrons. The van der Waals surface area contributed by atoms with Gasteiger partial charge in [-0.1, -0.05) is 11.6 Å². The molecule has 0 aliphatic rings. The highest BCUT2D eigenvalue weighted by Gasteiger charge is 2.27. The van der Waals surface area contributed by atoms with E-state index >= 15 is 0 Å². The first-order chi connectivity index (χ1) is 9.81. The third-order valence-electron chi connectivity index (χ3n) is 2.95. The fourth-order valence-corrected chi connectivity index (χ4v) is 1.88. The molecule has 7 heteroatoms. The van der Waals surface area contributed by atoms with E-state index in [1.807, 2.05) is 6.92 Å². The molecule has 0 saturated carbocycles. The number of carbonyl (C=O) groups is 2. The minimum absolute atomic E-state index is 0.142. The third-order valence-corrected chi connectivity index (χ3v) is 3.26. The van der Waals surface area contributed by atoms with Crippen LogP contribution in [0.1, 0.15) is 31.3 Å². The first kappa shape index (κ1) is 17.2. The predicted octanol–water partition coefficient (Wildman–Crippen LogP) is 1.67. The molecule has 0 bridgehead atoms. The zero-order valence-corrected chi connectivity index (χ0v) is 13.5. The number of rotatable bonds is 6. The van der Waals surface area contributed by atoms with E-state index in [1.54, 1.807) is 33.0 Å². The maximum atomic E-state index is 12.2. The van der Waals surface area contributed by atoms with Crippen molar-refractivity contribution in [2.75, 3.05) is 25.5 Å². The maximum Gasteiger partial charge on any atom is 0.271 e. The highest BCUT2D eigenvalue weighted by atomic mass is 35.5. The van der Waals surface area contributed by atoms with E-state index in [1.165, 1.54) is 0 Å². The lowest BCUT2D eigenvalue weighted by atomic mass is 9.92. The van der Waals surface area contributed by atoms with Gasteiger partial charge in [-0.15, -0.1) is 0 Å². The van der Waals surface area contributed by atoms with E-state index in [0.717, 1.165) is 0 Å². The second-order valence-electron chi connectivity index (χ2n) is 5.20. The van der Waals surface area contributed by atoms with E-state index < -0.39 is 11.3 Å². The van der Waals surface area contributed by atoms with Gasteiger partial charge in [-0.3, -0.25) is 9.59 Å². The van der Waals surface area contributed by atoms with E-state index in [-0.39, 0.29) is 23.2 Å². The number of halogens is 1. The lowest BCUT2D eigenvalue weighted by Crippen LogP contribution is -2.43. The van der Waals surface area contributed by atoms with Gasteiger partial charge in [0.05, 0.1) is 10.4 Å². The van der Waals surface area contributed by atoms with Gasteiger partial charge >= 0.3 is 0 Å². The third kappa shape index (κ3) is 4.60. The fourth-order valence-electron chi connectivity index (χ4n) is 1.68. The van der Waals surface area contributed by atoms with Crippen LogP contribution in [0.25, 0.3) is 0 Å². The molecular formula is C14H21ClN4O2. The molecule has 2 amide bonds. The summed E-state index contributed by atoms with van der Waals surface area (Å²) in [5, 5.41) is 8.54. The van der Waals surface area contributed by atoms with Crippen LogP contribution in [-0.4, -0.2) is 36.9 Å². The first-order valence-electron chi connectivity index (χ1n) is 6.72. The largest absolute Gasteiger partial charge is 0.370 e. The zero-order chi connectivity index (χ0) is 16.0. The Labute approximate surface area is 129 Å². The van der Waals surface area contributed by atoms with Crippen LogP contribution in [0.2, 0.25) is 5.02 Å². The Morgan fingerprint density at radius 2 is 2.00 bits per heavy atom.